The third kappa shape index (κ3) is 3.06. The molecule has 0 unspecified atom stereocenters. The Morgan fingerprint density at radius 2 is 1.96 bits per heavy atom. The number of carbonyl (C=O) groups excluding carboxylic acids is 1. The summed E-state index contributed by atoms with van der Waals surface area (Å²) in [4.78, 5) is 25.6. The van der Waals surface area contributed by atoms with E-state index in [9.17, 15) is 22.4 Å². The minimum atomic E-state index is -4.76. The Labute approximate surface area is 156 Å². The lowest BCUT2D eigenvalue weighted by Gasteiger charge is -2.09. The van der Waals surface area contributed by atoms with Gasteiger partial charge in [-0.05, 0) is 30.3 Å². The van der Waals surface area contributed by atoms with E-state index in [1.54, 1.807) is 0 Å². The fourth-order valence-corrected chi connectivity index (χ4v) is 2.86. The Kier molecular flexibility index (Phi) is 4.06. The van der Waals surface area contributed by atoms with Crippen LogP contribution in [0.15, 0.2) is 42.7 Å². The number of rotatable bonds is 3. The molecule has 10 heteroatoms. The maximum atomic E-state index is 13.9. The van der Waals surface area contributed by atoms with Gasteiger partial charge in [0.2, 0.25) is 0 Å². The Bertz CT molecular complexity index is 1210. The molecule has 0 saturated carbocycles. The van der Waals surface area contributed by atoms with Gasteiger partial charge in [0, 0.05) is 18.0 Å². The smallest absolute Gasteiger partial charge is 0.358 e. The number of nitrogens with one attached hydrogen (secondary N) is 2. The van der Waals surface area contributed by atoms with Crippen LogP contribution in [-0.2, 0) is 6.18 Å². The molecule has 0 bridgehead atoms. The average molecular weight is 384 g/mol. The summed E-state index contributed by atoms with van der Waals surface area (Å²) in [6.45, 7) is 0. The Morgan fingerprint density at radius 1 is 1.18 bits per heavy atom. The molecule has 0 atom stereocenters. The zero-order chi connectivity index (χ0) is 20.1. The van der Waals surface area contributed by atoms with E-state index in [2.05, 4.69) is 19.9 Å². The molecule has 1 aromatic carbocycles. The van der Waals surface area contributed by atoms with Gasteiger partial charge in [0.25, 0.3) is 0 Å². The topological polar surface area (TPSA) is 74.4 Å². The maximum absolute atomic E-state index is 13.9. The molecular formula is C18H9BF4N4O. The molecular weight excluding hydrogens is 375 g/mol. The highest BCUT2D eigenvalue weighted by Gasteiger charge is 2.37. The van der Waals surface area contributed by atoms with Crippen LogP contribution in [0, 0.1) is 5.82 Å². The number of pyridine rings is 1. The number of nitrogens with zero attached hydrogens (tertiary/aromatic N) is 2. The summed E-state index contributed by atoms with van der Waals surface area (Å²) in [7, 11) is 5.59. The van der Waals surface area contributed by atoms with Crippen LogP contribution in [0.25, 0.3) is 22.6 Å². The summed E-state index contributed by atoms with van der Waals surface area (Å²) in [5.74, 6) is -1.26. The van der Waals surface area contributed by atoms with Crippen LogP contribution in [0.4, 0.5) is 17.6 Å². The summed E-state index contributed by atoms with van der Waals surface area (Å²) in [6.07, 6.45) is -2.54. The van der Waals surface area contributed by atoms with E-state index in [-0.39, 0.29) is 22.4 Å². The van der Waals surface area contributed by atoms with Gasteiger partial charge in [0.05, 0.1) is 16.8 Å². The van der Waals surface area contributed by atoms with Crippen LogP contribution >= 0.6 is 0 Å². The highest BCUT2D eigenvalue weighted by molar-refractivity contribution is 6.33. The summed E-state index contributed by atoms with van der Waals surface area (Å²) < 4.78 is 53.2. The van der Waals surface area contributed by atoms with Crippen molar-refractivity contribution in [2.24, 2.45) is 0 Å². The summed E-state index contributed by atoms with van der Waals surface area (Å²) in [5.41, 5.74) is -0.935. The standard InChI is InChI=1S/C18H9BF4N4O/c19-9-5-11(20)14-12(6-9)26-17(27-14)13-4-8(7-25-13)15(28)10-2-1-3-24-16(10)18(21,22)23/h1-7,25H,(H,26,27). The van der Waals surface area contributed by atoms with Crippen molar-refractivity contribution in [1.82, 2.24) is 19.9 Å². The quantitative estimate of drug-likeness (QED) is 0.324. The van der Waals surface area contributed by atoms with Gasteiger partial charge >= 0.3 is 6.18 Å². The van der Waals surface area contributed by atoms with E-state index in [1.165, 1.54) is 24.4 Å². The SMILES string of the molecule is [B]c1cc(F)c2nc(-c3cc(C(=O)c4cccnc4C(F)(F)F)c[nH]3)[nH]c2c1. The van der Waals surface area contributed by atoms with Crippen molar-refractivity contribution in [3.8, 4) is 11.5 Å². The van der Waals surface area contributed by atoms with E-state index in [0.29, 0.717) is 11.2 Å². The predicted octanol–water partition coefficient (Wildman–Crippen LogP) is 3.14. The molecule has 0 aliphatic carbocycles. The Hall–Kier alpha value is -3.43. The van der Waals surface area contributed by atoms with E-state index in [4.69, 9.17) is 7.85 Å². The summed E-state index contributed by atoms with van der Waals surface area (Å²) in [6, 6.07) is 6.26. The monoisotopic (exact) mass is 384 g/mol. The van der Waals surface area contributed by atoms with Crippen LogP contribution < -0.4 is 5.46 Å². The molecule has 5 nitrogen and oxygen atoms in total. The van der Waals surface area contributed by atoms with Crippen LogP contribution in [-0.4, -0.2) is 33.6 Å². The van der Waals surface area contributed by atoms with Gasteiger partial charge < -0.3 is 9.97 Å². The maximum Gasteiger partial charge on any atom is 0.434 e. The van der Waals surface area contributed by atoms with Crippen LogP contribution in [0.5, 0.6) is 0 Å². The van der Waals surface area contributed by atoms with Crippen LogP contribution in [0.2, 0.25) is 0 Å². The molecule has 0 aliphatic rings. The number of fused-ring (bicyclic) bond motifs is 1. The number of H-pyrrole nitrogens is 2. The number of hydrogen-bond donors (Lipinski definition) is 2. The van der Waals surface area contributed by atoms with Gasteiger partial charge in [-0.2, -0.15) is 13.2 Å². The molecule has 4 rings (SSSR count). The van der Waals surface area contributed by atoms with Crippen molar-refractivity contribution in [3.05, 3.63) is 65.4 Å². The molecule has 3 heterocycles. The van der Waals surface area contributed by atoms with E-state index in [1.807, 2.05) is 0 Å². The minimum absolute atomic E-state index is 0.0195. The Balaban J connectivity index is 1.73. The summed E-state index contributed by atoms with van der Waals surface area (Å²) in [5, 5.41) is 0. The first-order chi connectivity index (χ1) is 13.2. The van der Waals surface area contributed by atoms with Gasteiger partial charge in [-0.15, -0.1) is 0 Å². The highest BCUT2D eigenvalue weighted by Crippen LogP contribution is 2.31. The van der Waals surface area contributed by atoms with Crippen molar-refractivity contribution in [2.75, 3.05) is 0 Å². The molecule has 0 aliphatic heterocycles. The second-order valence-electron chi connectivity index (χ2n) is 6.01. The summed E-state index contributed by atoms with van der Waals surface area (Å²) >= 11 is 0. The van der Waals surface area contributed by atoms with E-state index in [0.717, 1.165) is 18.3 Å². The number of aromatic amines is 2. The number of imidazole rings is 1. The van der Waals surface area contributed by atoms with Crippen molar-refractivity contribution < 1.29 is 22.4 Å². The third-order valence-corrected chi connectivity index (χ3v) is 4.08. The van der Waals surface area contributed by atoms with Crippen molar-refractivity contribution in [2.45, 2.75) is 6.18 Å². The molecule has 28 heavy (non-hydrogen) atoms. The van der Waals surface area contributed by atoms with Crippen LogP contribution in [0.3, 0.4) is 0 Å². The molecule has 0 amide bonds. The van der Waals surface area contributed by atoms with E-state index < -0.39 is 29.0 Å². The minimum Gasteiger partial charge on any atom is -0.358 e. The van der Waals surface area contributed by atoms with Gasteiger partial charge in [-0.25, -0.2) is 9.37 Å². The van der Waals surface area contributed by atoms with Gasteiger partial charge in [0.15, 0.2) is 17.3 Å². The first-order valence-corrected chi connectivity index (χ1v) is 7.94. The van der Waals surface area contributed by atoms with Gasteiger partial charge in [-0.3, -0.25) is 9.78 Å². The molecule has 4 aromatic rings. The van der Waals surface area contributed by atoms with Crippen molar-refractivity contribution in [3.63, 3.8) is 0 Å². The molecule has 3 aromatic heterocycles. The number of alkyl halides is 3. The number of ketones is 1. The highest BCUT2D eigenvalue weighted by atomic mass is 19.4. The number of carbonyl (C=O) groups is 1. The lowest BCUT2D eigenvalue weighted by atomic mass is 9.96. The molecule has 138 valence electrons. The fourth-order valence-electron chi connectivity index (χ4n) is 2.86. The molecule has 0 spiro atoms. The van der Waals surface area contributed by atoms with Gasteiger partial charge in [-0.1, -0.05) is 5.46 Å². The normalized spacial score (nSPS) is 11.9. The lowest BCUT2D eigenvalue weighted by molar-refractivity contribution is -0.141. The van der Waals surface area contributed by atoms with Crippen molar-refractivity contribution in [1.29, 1.82) is 0 Å². The van der Waals surface area contributed by atoms with Crippen LogP contribution in [0.1, 0.15) is 21.6 Å². The molecule has 0 fully saturated rings. The number of hydrogen-bond acceptors (Lipinski definition) is 3. The molecule has 2 radical (unpaired) electrons. The Morgan fingerprint density at radius 3 is 2.71 bits per heavy atom. The largest absolute Gasteiger partial charge is 0.434 e. The lowest BCUT2D eigenvalue weighted by Crippen LogP contribution is -2.15. The number of aromatic nitrogens is 4. The molecule has 0 saturated heterocycles. The average Bonchev–Trinajstić information content (AvgIpc) is 3.27. The zero-order valence-corrected chi connectivity index (χ0v) is 13.9. The second-order valence-corrected chi connectivity index (χ2v) is 6.01. The first kappa shape index (κ1) is 18.0. The number of halogens is 4. The fraction of sp³-hybridized carbons (Fsp3) is 0.0556. The second kappa shape index (κ2) is 6.33. The van der Waals surface area contributed by atoms with E-state index >= 15 is 0 Å². The third-order valence-electron chi connectivity index (χ3n) is 4.08. The molecule has 2 N–H and O–H groups in total. The zero-order valence-electron chi connectivity index (χ0n) is 13.9. The van der Waals surface area contributed by atoms with Crippen molar-refractivity contribution >= 4 is 30.1 Å². The predicted molar refractivity (Wildman–Crippen MR) is 93.9 cm³/mol. The number of benzene rings is 1. The first-order valence-electron chi connectivity index (χ1n) is 7.94. The van der Waals surface area contributed by atoms with Gasteiger partial charge in [0.1, 0.15) is 19.2 Å².